The average molecular weight is 373 g/mol. The number of rotatable bonds is 6. The van der Waals surface area contributed by atoms with Gasteiger partial charge in [-0.15, -0.1) is 12.4 Å². The minimum Gasteiger partial charge on any atom is -0.342 e. The molecule has 0 aliphatic heterocycles. The molecule has 1 atom stereocenters. The number of hydrogen-bond donors (Lipinski definition) is 1. The highest BCUT2D eigenvalue weighted by Crippen LogP contribution is 2.22. The van der Waals surface area contributed by atoms with Crippen molar-refractivity contribution in [3.05, 3.63) is 60.4 Å². The maximum absolute atomic E-state index is 12.4. The van der Waals surface area contributed by atoms with Gasteiger partial charge in [-0.2, -0.15) is 0 Å². The first kappa shape index (κ1) is 19.9. The van der Waals surface area contributed by atoms with Crippen LogP contribution in [0.25, 0.3) is 16.7 Å². The second-order valence-corrected chi connectivity index (χ2v) is 6.28. The molecule has 0 spiro atoms. The molecule has 2 N–H and O–H groups in total. The highest BCUT2D eigenvalue weighted by atomic mass is 35.5. The van der Waals surface area contributed by atoms with Crippen LogP contribution < -0.4 is 5.73 Å². The zero-order valence-corrected chi connectivity index (χ0v) is 15.9. The Kier molecular flexibility index (Phi) is 6.77. The van der Waals surface area contributed by atoms with E-state index in [1.165, 1.54) is 0 Å². The van der Waals surface area contributed by atoms with Crippen molar-refractivity contribution >= 4 is 29.3 Å². The molecular formula is C20H25ClN4O. The Morgan fingerprint density at radius 2 is 1.81 bits per heavy atom. The molecule has 3 rings (SSSR count). The summed E-state index contributed by atoms with van der Waals surface area (Å²) in [5, 5.41) is 0. The molecule has 2 aromatic carbocycles. The molecule has 1 heterocycles. The molecule has 0 saturated heterocycles. The molecule has 0 aliphatic carbocycles. The lowest BCUT2D eigenvalue weighted by atomic mass is 10.2. The fraction of sp³-hybridized carbons (Fsp3) is 0.300. The second-order valence-electron chi connectivity index (χ2n) is 6.28. The fourth-order valence-corrected chi connectivity index (χ4v) is 2.91. The second kappa shape index (κ2) is 8.83. The minimum absolute atomic E-state index is 0. The normalized spacial score (nSPS) is 11.8. The summed E-state index contributed by atoms with van der Waals surface area (Å²) in [5.74, 6) is 0.985. The van der Waals surface area contributed by atoms with E-state index in [-0.39, 0.29) is 24.4 Å². The van der Waals surface area contributed by atoms with Gasteiger partial charge in [0.2, 0.25) is 5.91 Å². The predicted molar refractivity (Wildman–Crippen MR) is 108 cm³/mol. The van der Waals surface area contributed by atoms with Gasteiger partial charge < -0.3 is 10.6 Å². The zero-order chi connectivity index (χ0) is 17.8. The van der Waals surface area contributed by atoms with Crippen LogP contribution in [0.15, 0.2) is 54.6 Å². The maximum atomic E-state index is 12.4. The summed E-state index contributed by atoms with van der Waals surface area (Å²) in [5.41, 5.74) is 8.71. The summed E-state index contributed by atoms with van der Waals surface area (Å²) in [6, 6.07) is 18.2. The van der Waals surface area contributed by atoms with Gasteiger partial charge in [0.25, 0.3) is 0 Å². The molecule has 138 valence electrons. The van der Waals surface area contributed by atoms with E-state index < -0.39 is 0 Å². The van der Waals surface area contributed by atoms with Gasteiger partial charge in [-0.1, -0.05) is 30.3 Å². The Bertz CT molecular complexity index is 863. The number of carbonyl (C=O) groups is 1. The van der Waals surface area contributed by atoms with Crippen LogP contribution >= 0.6 is 12.4 Å². The average Bonchev–Trinajstić information content (AvgIpc) is 3.03. The van der Waals surface area contributed by atoms with Gasteiger partial charge in [0.15, 0.2) is 0 Å². The van der Waals surface area contributed by atoms with Crippen LogP contribution in [0.4, 0.5) is 0 Å². The van der Waals surface area contributed by atoms with E-state index in [4.69, 9.17) is 10.7 Å². The molecule has 0 saturated carbocycles. The summed E-state index contributed by atoms with van der Waals surface area (Å²) in [7, 11) is 1.81. The number of benzene rings is 2. The summed E-state index contributed by atoms with van der Waals surface area (Å²) in [4.78, 5) is 18.9. The molecule has 26 heavy (non-hydrogen) atoms. The molecule has 1 aromatic heterocycles. The van der Waals surface area contributed by atoms with Gasteiger partial charge >= 0.3 is 0 Å². The maximum Gasteiger partial charge on any atom is 0.223 e. The van der Waals surface area contributed by atoms with E-state index in [2.05, 4.69) is 22.8 Å². The highest BCUT2D eigenvalue weighted by molar-refractivity contribution is 5.85. The van der Waals surface area contributed by atoms with Crippen molar-refractivity contribution in [1.29, 1.82) is 0 Å². The smallest absolute Gasteiger partial charge is 0.223 e. The molecule has 0 fully saturated rings. The van der Waals surface area contributed by atoms with Crippen molar-refractivity contribution in [3.8, 4) is 5.69 Å². The van der Waals surface area contributed by atoms with Gasteiger partial charge in [-0.25, -0.2) is 4.98 Å². The molecule has 1 amide bonds. The number of para-hydroxylation sites is 3. The monoisotopic (exact) mass is 372 g/mol. The number of likely N-dealkylation sites (N-methyl/N-ethyl adjacent to an activating group) is 1. The third kappa shape index (κ3) is 4.06. The number of aryl methyl sites for hydroxylation is 1. The quantitative estimate of drug-likeness (QED) is 0.722. The summed E-state index contributed by atoms with van der Waals surface area (Å²) >= 11 is 0. The van der Waals surface area contributed by atoms with Gasteiger partial charge in [-0.05, 0) is 31.2 Å². The SMILES string of the molecule is CC(CN)N(C)C(=O)CCc1nc2ccccc2n1-c1ccccc1.Cl. The first-order valence-electron chi connectivity index (χ1n) is 8.59. The minimum atomic E-state index is 0. The molecule has 0 aliphatic rings. The zero-order valence-electron chi connectivity index (χ0n) is 15.1. The number of fused-ring (bicyclic) bond motifs is 1. The van der Waals surface area contributed by atoms with E-state index in [0.717, 1.165) is 22.5 Å². The van der Waals surface area contributed by atoms with Crippen molar-refractivity contribution in [2.75, 3.05) is 13.6 Å². The third-order valence-electron chi connectivity index (χ3n) is 4.60. The van der Waals surface area contributed by atoms with Crippen molar-refractivity contribution < 1.29 is 4.79 Å². The third-order valence-corrected chi connectivity index (χ3v) is 4.60. The Morgan fingerprint density at radius 3 is 2.50 bits per heavy atom. The number of nitrogens with zero attached hydrogens (tertiary/aromatic N) is 3. The van der Waals surface area contributed by atoms with Crippen molar-refractivity contribution in [1.82, 2.24) is 14.5 Å². The molecular weight excluding hydrogens is 348 g/mol. The van der Waals surface area contributed by atoms with Crippen LogP contribution in [-0.4, -0.2) is 40.0 Å². The largest absolute Gasteiger partial charge is 0.342 e. The Hall–Kier alpha value is -2.37. The summed E-state index contributed by atoms with van der Waals surface area (Å²) in [6.07, 6.45) is 1.00. The Morgan fingerprint density at radius 1 is 1.15 bits per heavy atom. The van der Waals surface area contributed by atoms with Crippen molar-refractivity contribution in [3.63, 3.8) is 0 Å². The van der Waals surface area contributed by atoms with E-state index in [9.17, 15) is 4.79 Å². The molecule has 6 heteroatoms. The lowest BCUT2D eigenvalue weighted by molar-refractivity contribution is -0.131. The van der Waals surface area contributed by atoms with Crippen molar-refractivity contribution in [2.45, 2.75) is 25.8 Å². The topological polar surface area (TPSA) is 64.2 Å². The predicted octanol–water partition coefficient (Wildman–Crippen LogP) is 3.19. The first-order chi connectivity index (χ1) is 12.1. The van der Waals surface area contributed by atoms with Gasteiger partial charge in [0, 0.05) is 38.2 Å². The van der Waals surface area contributed by atoms with E-state index >= 15 is 0 Å². The Labute approximate surface area is 160 Å². The van der Waals surface area contributed by atoms with Crippen LogP contribution in [0.2, 0.25) is 0 Å². The van der Waals surface area contributed by atoms with Crippen LogP contribution in [0.1, 0.15) is 19.2 Å². The number of halogens is 1. The summed E-state index contributed by atoms with van der Waals surface area (Å²) < 4.78 is 2.13. The van der Waals surface area contributed by atoms with Crippen LogP contribution in [0.5, 0.6) is 0 Å². The molecule has 0 radical (unpaired) electrons. The van der Waals surface area contributed by atoms with Crippen LogP contribution in [0.3, 0.4) is 0 Å². The standard InChI is InChI=1S/C20H24N4O.ClH/c1-15(14-21)23(2)20(25)13-12-19-22-17-10-6-7-11-18(17)24(19)16-8-4-3-5-9-16;/h3-11,15H,12-14,21H2,1-2H3;1H. The van der Waals surface area contributed by atoms with E-state index in [0.29, 0.717) is 19.4 Å². The lowest BCUT2D eigenvalue weighted by Crippen LogP contribution is -2.39. The molecule has 1 unspecified atom stereocenters. The number of carbonyl (C=O) groups excluding carboxylic acids is 1. The van der Waals surface area contributed by atoms with Crippen LogP contribution in [-0.2, 0) is 11.2 Å². The number of nitrogens with two attached hydrogens (primary N) is 1. The molecule has 3 aromatic rings. The van der Waals surface area contributed by atoms with Crippen molar-refractivity contribution in [2.24, 2.45) is 5.73 Å². The fourth-order valence-electron chi connectivity index (χ4n) is 2.91. The highest BCUT2D eigenvalue weighted by Gasteiger charge is 2.17. The van der Waals surface area contributed by atoms with Gasteiger partial charge in [-0.3, -0.25) is 9.36 Å². The number of aromatic nitrogens is 2. The van der Waals surface area contributed by atoms with Gasteiger partial charge in [0.1, 0.15) is 5.82 Å². The first-order valence-corrected chi connectivity index (χ1v) is 8.59. The Balaban J connectivity index is 0.00000243. The van der Waals surface area contributed by atoms with E-state index in [1.807, 2.05) is 43.3 Å². The van der Waals surface area contributed by atoms with Gasteiger partial charge in [0.05, 0.1) is 11.0 Å². The lowest BCUT2D eigenvalue weighted by Gasteiger charge is -2.23. The molecule has 5 nitrogen and oxygen atoms in total. The molecule has 0 bridgehead atoms. The van der Waals surface area contributed by atoms with E-state index in [1.54, 1.807) is 11.9 Å². The summed E-state index contributed by atoms with van der Waals surface area (Å²) in [6.45, 7) is 2.42. The number of imidazole rings is 1. The number of amides is 1. The van der Waals surface area contributed by atoms with Crippen LogP contribution in [0, 0.1) is 0 Å². The number of hydrogen-bond acceptors (Lipinski definition) is 3.